The number of carbonyl (C=O) groups is 3. The summed E-state index contributed by atoms with van der Waals surface area (Å²) in [6.45, 7) is 1.01. The van der Waals surface area contributed by atoms with E-state index in [4.69, 9.17) is 11.5 Å². The molecule has 2 aromatic rings. The van der Waals surface area contributed by atoms with E-state index in [1.165, 1.54) is 12.1 Å². The van der Waals surface area contributed by atoms with Crippen molar-refractivity contribution in [3.63, 3.8) is 0 Å². The number of alkyl halides is 3. The van der Waals surface area contributed by atoms with Gasteiger partial charge in [0.2, 0.25) is 11.8 Å². The van der Waals surface area contributed by atoms with Crippen LogP contribution in [0.1, 0.15) is 42.4 Å². The molecule has 5 N–H and O–H groups in total. The Morgan fingerprint density at radius 3 is 2.30 bits per heavy atom. The standard InChI is InChI=1S/C27H33F3N4O3/c28-27(29,30)20-8-4-7-19(15-20)16-24(35)23(10-9-18-5-2-1-3-6-18)33-26(37)22(32)17-25(36)34-13-11-21(31)12-14-34/h1-8,15,21-23H,9-14,16-17,31-32H2,(H,33,37)/t22-,23-/m0/s1. The zero-order chi connectivity index (χ0) is 27.0. The minimum absolute atomic E-state index is 0.0502. The number of amides is 2. The number of rotatable bonds is 10. The van der Waals surface area contributed by atoms with E-state index in [1.807, 2.05) is 30.3 Å². The van der Waals surface area contributed by atoms with Crippen molar-refractivity contribution in [1.82, 2.24) is 10.2 Å². The number of benzene rings is 2. The summed E-state index contributed by atoms with van der Waals surface area (Å²) in [5, 5.41) is 2.64. The first-order chi connectivity index (χ1) is 17.5. The van der Waals surface area contributed by atoms with Gasteiger partial charge < -0.3 is 21.7 Å². The van der Waals surface area contributed by atoms with Crippen LogP contribution in [0.5, 0.6) is 0 Å². The Kier molecular flexibility index (Phi) is 9.82. The molecule has 1 fully saturated rings. The second-order valence-electron chi connectivity index (χ2n) is 9.46. The molecule has 3 rings (SSSR count). The highest BCUT2D eigenvalue weighted by molar-refractivity contribution is 5.93. The molecule has 1 aliphatic rings. The third kappa shape index (κ3) is 8.68. The molecule has 0 radical (unpaired) electrons. The molecule has 0 saturated carbocycles. The highest BCUT2D eigenvalue weighted by Crippen LogP contribution is 2.29. The molecule has 10 heteroatoms. The van der Waals surface area contributed by atoms with Crippen LogP contribution in [0.25, 0.3) is 0 Å². The van der Waals surface area contributed by atoms with Crippen LogP contribution in [0.15, 0.2) is 54.6 Å². The number of piperidine rings is 1. The number of aryl methyl sites for hydroxylation is 1. The van der Waals surface area contributed by atoms with Crippen molar-refractivity contribution in [2.24, 2.45) is 11.5 Å². The van der Waals surface area contributed by atoms with Crippen LogP contribution < -0.4 is 16.8 Å². The molecule has 1 aliphatic heterocycles. The van der Waals surface area contributed by atoms with Crippen molar-refractivity contribution in [3.05, 3.63) is 71.3 Å². The van der Waals surface area contributed by atoms with E-state index in [-0.39, 0.29) is 36.8 Å². The molecule has 0 unspecified atom stereocenters. The van der Waals surface area contributed by atoms with Crippen LogP contribution in [-0.4, -0.2) is 53.7 Å². The summed E-state index contributed by atoms with van der Waals surface area (Å²) in [6, 6.07) is 11.8. The maximum atomic E-state index is 13.1. The highest BCUT2D eigenvalue weighted by Gasteiger charge is 2.31. The lowest BCUT2D eigenvalue weighted by Gasteiger charge is -2.31. The second-order valence-corrected chi connectivity index (χ2v) is 9.46. The van der Waals surface area contributed by atoms with E-state index in [0.717, 1.165) is 17.7 Å². The number of hydrogen-bond donors (Lipinski definition) is 3. The van der Waals surface area contributed by atoms with E-state index < -0.39 is 35.5 Å². The van der Waals surface area contributed by atoms with Gasteiger partial charge >= 0.3 is 6.18 Å². The Labute approximate surface area is 214 Å². The Balaban J connectivity index is 1.66. The third-order valence-corrected chi connectivity index (χ3v) is 6.53. The van der Waals surface area contributed by atoms with Crippen LogP contribution in [0.3, 0.4) is 0 Å². The van der Waals surface area contributed by atoms with Gasteiger partial charge in [0.25, 0.3) is 0 Å². The molecule has 0 bridgehead atoms. The molecule has 2 aromatic carbocycles. The van der Waals surface area contributed by atoms with Crippen LogP contribution in [-0.2, 0) is 33.4 Å². The summed E-state index contributed by atoms with van der Waals surface area (Å²) < 4.78 is 39.3. The average molecular weight is 519 g/mol. The maximum absolute atomic E-state index is 13.1. The fraction of sp³-hybridized carbons (Fsp3) is 0.444. The molecule has 2 atom stereocenters. The summed E-state index contributed by atoms with van der Waals surface area (Å²) >= 11 is 0. The Morgan fingerprint density at radius 1 is 1.00 bits per heavy atom. The number of Topliss-reactive ketones (excluding diaryl/α,β-unsaturated/α-hetero) is 1. The fourth-order valence-electron chi connectivity index (χ4n) is 4.29. The number of nitrogens with one attached hydrogen (secondary N) is 1. The number of halogens is 3. The number of nitrogens with zero attached hydrogens (tertiary/aromatic N) is 1. The molecule has 0 aromatic heterocycles. The van der Waals surface area contributed by atoms with Crippen molar-refractivity contribution in [2.75, 3.05) is 13.1 Å². The van der Waals surface area contributed by atoms with Crippen LogP contribution in [0.4, 0.5) is 13.2 Å². The molecule has 200 valence electrons. The molecule has 37 heavy (non-hydrogen) atoms. The van der Waals surface area contributed by atoms with Crippen LogP contribution in [0.2, 0.25) is 0 Å². The number of carbonyl (C=O) groups excluding carboxylic acids is 3. The van der Waals surface area contributed by atoms with Crippen LogP contribution in [0, 0.1) is 0 Å². The molecule has 1 saturated heterocycles. The maximum Gasteiger partial charge on any atom is 0.416 e. The highest BCUT2D eigenvalue weighted by atomic mass is 19.4. The topological polar surface area (TPSA) is 119 Å². The predicted octanol–water partition coefficient (Wildman–Crippen LogP) is 2.60. The van der Waals surface area contributed by atoms with Gasteiger partial charge in [-0.1, -0.05) is 48.5 Å². The molecular weight excluding hydrogens is 485 g/mol. The molecule has 7 nitrogen and oxygen atoms in total. The summed E-state index contributed by atoms with van der Waals surface area (Å²) in [5.41, 5.74) is 12.2. The molecular formula is C27H33F3N4O3. The first kappa shape index (κ1) is 28.3. The van der Waals surface area contributed by atoms with E-state index >= 15 is 0 Å². The third-order valence-electron chi connectivity index (χ3n) is 6.53. The average Bonchev–Trinajstić information content (AvgIpc) is 2.87. The van der Waals surface area contributed by atoms with Crippen LogP contribution >= 0.6 is 0 Å². The van der Waals surface area contributed by atoms with E-state index in [9.17, 15) is 27.6 Å². The zero-order valence-electron chi connectivity index (χ0n) is 20.5. The van der Waals surface area contributed by atoms with Crippen molar-refractivity contribution in [3.8, 4) is 0 Å². The number of ketones is 1. The van der Waals surface area contributed by atoms with Gasteiger partial charge in [-0.05, 0) is 42.9 Å². The monoisotopic (exact) mass is 518 g/mol. The number of nitrogens with two attached hydrogens (primary N) is 2. The molecule has 2 amide bonds. The van der Waals surface area contributed by atoms with E-state index in [0.29, 0.717) is 32.4 Å². The number of hydrogen-bond acceptors (Lipinski definition) is 5. The lowest BCUT2D eigenvalue weighted by atomic mass is 9.96. The van der Waals surface area contributed by atoms with Gasteiger partial charge in [-0.2, -0.15) is 13.2 Å². The Morgan fingerprint density at radius 2 is 1.65 bits per heavy atom. The summed E-state index contributed by atoms with van der Waals surface area (Å²) in [6.07, 6.45) is -2.98. The summed E-state index contributed by atoms with van der Waals surface area (Å²) in [7, 11) is 0. The van der Waals surface area contributed by atoms with E-state index in [2.05, 4.69) is 5.32 Å². The molecule has 0 aliphatic carbocycles. The first-order valence-electron chi connectivity index (χ1n) is 12.3. The summed E-state index contributed by atoms with van der Waals surface area (Å²) in [5.74, 6) is -1.35. The largest absolute Gasteiger partial charge is 0.416 e. The SMILES string of the molecule is NC1CCN(C(=O)C[C@H](N)C(=O)N[C@@H](CCc2ccccc2)C(=O)Cc2cccc(C(F)(F)F)c2)CC1. The minimum atomic E-state index is -4.53. The van der Waals surface area contributed by atoms with Crippen molar-refractivity contribution in [2.45, 2.75) is 62.8 Å². The lowest BCUT2D eigenvalue weighted by Crippen LogP contribution is -2.51. The van der Waals surface area contributed by atoms with Gasteiger partial charge in [0.1, 0.15) is 0 Å². The van der Waals surface area contributed by atoms with Crippen molar-refractivity contribution >= 4 is 17.6 Å². The molecule has 0 spiro atoms. The van der Waals surface area contributed by atoms with Gasteiger partial charge in [0.15, 0.2) is 5.78 Å². The van der Waals surface area contributed by atoms with Crippen molar-refractivity contribution in [1.29, 1.82) is 0 Å². The Bertz CT molecular complexity index is 1070. The minimum Gasteiger partial charge on any atom is -0.345 e. The van der Waals surface area contributed by atoms with Gasteiger partial charge in [0.05, 0.1) is 24.1 Å². The van der Waals surface area contributed by atoms with Gasteiger partial charge in [-0.25, -0.2) is 0 Å². The predicted molar refractivity (Wildman–Crippen MR) is 133 cm³/mol. The zero-order valence-corrected chi connectivity index (χ0v) is 20.5. The smallest absolute Gasteiger partial charge is 0.345 e. The second kappa shape index (κ2) is 12.8. The number of likely N-dealkylation sites (tertiary alicyclic amines) is 1. The first-order valence-corrected chi connectivity index (χ1v) is 12.3. The lowest BCUT2D eigenvalue weighted by molar-refractivity contribution is -0.137. The quantitative estimate of drug-likeness (QED) is 0.447. The van der Waals surface area contributed by atoms with Gasteiger partial charge in [-0.3, -0.25) is 14.4 Å². The molecule has 1 heterocycles. The normalized spacial score (nSPS) is 16.2. The van der Waals surface area contributed by atoms with E-state index in [1.54, 1.807) is 4.90 Å². The fourth-order valence-corrected chi connectivity index (χ4v) is 4.29. The van der Waals surface area contributed by atoms with Crippen molar-refractivity contribution < 1.29 is 27.6 Å². The van der Waals surface area contributed by atoms with Gasteiger partial charge in [-0.15, -0.1) is 0 Å². The van der Waals surface area contributed by atoms with Gasteiger partial charge in [0, 0.05) is 25.6 Å². The Hall–Kier alpha value is -3.24. The summed E-state index contributed by atoms with van der Waals surface area (Å²) in [4.78, 5) is 40.2.